The van der Waals surface area contributed by atoms with E-state index in [0.717, 1.165) is 5.56 Å². The number of benzene rings is 1. The molecular weight excluding hydrogens is 206 g/mol. The van der Waals surface area contributed by atoms with Crippen LogP contribution in [-0.4, -0.2) is 29.9 Å². The summed E-state index contributed by atoms with van der Waals surface area (Å²) in [4.78, 5) is 21.8. The number of hydrogen-bond acceptors (Lipinski definition) is 3. The van der Waals surface area contributed by atoms with Gasteiger partial charge in [0.05, 0.1) is 0 Å². The highest BCUT2D eigenvalue weighted by atomic mass is 16.4. The second-order valence-corrected chi connectivity index (χ2v) is 3.64. The summed E-state index contributed by atoms with van der Waals surface area (Å²) in [5.74, 6) is -0.868. The molecule has 0 aliphatic heterocycles. The van der Waals surface area contributed by atoms with Crippen molar-refractivity contribution in [2.24, 2.45) is 0 Å². The van der Waals surface area contributed by atoms with Gasteiger partial charge in [-0.05, 0) is 26.0 Å². The molecule has 0 aliphatic carbocycles. The van der Waals surface area contributed by atoms with Crippen LogP contribution in [0.15, 0.2) is 24.3 Å². The van der Waals surface area contributed by atoms with Gasteiger partial charge in [0.1, 0.15) is 6.04 Å². The summed E-state index contributed by atoms with van der Waals surface area (Å²) in [7, 11) is 1.61. The normalized spacial score (nSPS) is 12.1. The van der Waals surface area contributed by atoms with Crippen LogP contribution in [0.25, 0.3) is 0 Å². The summed E-state index contributed by atoms with van der Waals surface area (Å²) in [6.45, 7) is 1.50. The molecule has 4 nitrogen and oxygen atoms in total. The molecule has 1 unspecified atom stereocenters. The number of ketones is 1. The fraction of sp³-hybridized carbons (Fsp3) is 0.333. The molecule has 0 saturated heterocycles. The Bertz CT molecular complexity index is 384. The van der Waals surface area contributed by atoms with E-state index in [1.165, 1.54) is 6.92 Å². The lowest BCUT2D eigenvalue weighted by atomic mass is 10.0. The fourth-order valence-corrected chi connectivity index (χ4v) is 1.42. The van der Waals surface area contributed by atoms with Gasteiger partial charge < -0.3 is 10.4 Å². The standard InChI is InChI=1S/C12H15NO3/c1-8(14)10-5-3-9(4-6-10)7-11(13-2)12(15)16/h3-6,11,13H,7H2,1-2H3,(H,15,16). The van der Waals surface area contributed by atoms with Crippen molar-refractivity contribution in [1.82, 2.24) is 5.32 Å². The molecular formula is C12H15NO3. The van der Waals surface area contributed by atoms with Crippen LogP contribution >= 0.6 is 0 Å². The van der Waals surface area contributed by atoms with Gasteiger partial charge in [0.15, 0.2) is 5.78 Å². The van der Waals surface area contributed by atoms with Crippen LogP contribution < -0.4 is 5.32 Å². The molecule has 4 heteroatoms. The topological polar surface area (TPSA) is 66.4 Å². The zero-order valence-corrected chi connectivity index (χ0v) is 9.36. The van der Waals surface area contributed by atoms with Crippen molar-refractivity contribution in [3.8, 4) is 0 Å². The SMILES string of the molecule is CNC(Cc1ccc(C(C)=O)cc1)C(=O)O. The average molecular weight is 221 g/mol. The van der Waals surface area contributed by atoms with E-state index in [1.54, 1.807) is 31.3 Å². The first-order chi connectivity index (χ1) is 7.54. The van der Waals surface area contributed by atoms with Crippen molar-refractivity contribution in [2.75, 3.05) is 7.05 Å². The Hall–Kier alpha value is -1.68. The smallest absolute Gasteiger partial charge is 0.321 e. The van der Waals surface area contributed by atoms with Crippen LogP contribution in [0.5, 0.6) is 0 Å². The van der Waals surface area contributed by atoms with E-state index in [1.807, 2.05) is 0 Å². The monoisotopic (exact) mass is 221 g/mol. The second-order valence-electron chi connectivity index (χ2n) is 3.64. The zero-order chi connectivity index (χ0) is 12.1. The molecule has 0 aromatic heterocycles. The number of rotatable bonds is 5. The Labute approximate surface area is 94.3 Å². The molecule has 2 N–H and O–H groups in total. The number of likely N-dealkylation sites (N-methyl/N-ethyl adjacent to an activating group) is 1. The Morgan fingerprint density at radius 1 is 1.31 bits per heavy atom. The zero-order valence-electron chi connectivity index (χ0n) is 9.36. The molecule has 0 heterocycles. The summed E-state index contributed by atoms with van der Waals surface area (Å²) in [5.41, 5.74) is 1.53. The number of aliphatic carboxylic acids is 1. The molecule has 1 rings (SSSR count). The molecule has 0 amide bonds. The number of carbonyl (C=O) groups excluding carboxylic acids is 1. The van der Waals surface area contributed by atoms with Crippen molar-refractivity contribution >= 4 is 11.8 Å². The Morgan fingerprint density at radius 3 is 2.25 bits per heavy atom. The second kappa shape index (κ2) is 5.42. The highest BCUT2D eigenvalue weighted by molar-refractivity contribution is 5.94. The minimum Gasteiger partial charge on any atom is -0.480 e. The average Bonchev–Trinajstić information content (AvgIpc) is 2.26. The largest absolute Gasteiger partial charge is 0.480 e. The van der Waals surface area contributed by atoms with Crippen LogP contribution in [0.4, 0.5) is 0 Å². The number of hydrogen-bond donors (Lipinski definition) is 2. The predicted octanol–water partition coefficient (Wildman–Crippen LogP) is 1.10. The Kier molecular flexibility index (Phi) is 4.19. The lowest BCUT2D eigenvalue weighted by Gasteiger charge is -2.10. The number of nitrogens with one attached hydrogen (secondary N) is 1. The minimum absolute atomic E-state index is 0.00921. The molecule has 0 spiro atoms. The maximum absolute atomic E-state index is 11.0. The van der Waals surface area contributed by atoms with Gasteiger partial charge in [-0.25, -0.2) is 0 Å². The first-order valence-electron chi connectivity index (χ1n) is 5.04. The van der Waals surface area contributed by atoms with Crippen molar-refractivity contribution in [3.63, 3.8) is 0 Å². The number of Topliss-reactive ketones (excluding diaryl/α,β-unsaturated/α-hetero) is 1. The van der Waals surface area contributed by atoms with Crippen LogP contribution in [0, 0.1) is 0 Å². The van der Waals surface area contributed by atoms with Gasteiger partial charge >= 0.3 is 5.97 Å². The first-order valence-corrected chi connectivity index (χ1v) is 5.04. The summed E-state index contributed by atoms with van der Waals surface area (Å²) in [6, 6.07) is 6.40. The molecule has 0 saturated carbocycles. The van der Waals surface area contributed by atoms with Gasteiger partial charge in [-0.1, -0.05) is 24.3 Å². The molecule has 16 heavy (non-hydrogen) atoms. The third kappa shape index (κ3) is 3.17. The molecule has 0 fully saturated rings. The van der Waals surface area contributed by atoms with Crippen LogP contribution in [0.1, 0.15) is 22.8 Å². The lowest BCUT2D eigenvalue weighted by Crippen LogP contribution is -2.35. The maximum Gasteiger partial charge on any atom is 0.321 e. The van der Waals surface area contributed by atoms with E-state index in [4.69, 9.17) is 5.11 Å². The highest BCUT2D eigenvalue weighted by Gasteiger charge is 2.15. The van der Waals surface area contributed by atoms with Gasteiger partial charge in [-0.2, -0.15) is 0 Å². The van der Waals surface area contributed by atoms with Crippen LogP contribution in [0.3, 0.4) is 0 Å². The highest BCUT2D eigenvalue weighted by Crippen LogP contribution is 2.07. The number of carbonyl (C=O) groups is 2. The van der Waals surface area contributed by atoms with Crippen molar-refractivity contribution in [2.45, 2.75) is 19.4 Å². The van der Waals surface area contributed by atoms with Gasteiger partial charge in [0.25, 0.3) is 0 Å². The Morgan fingerprint density at radius 2 is 1.88 bits per heavy atom. The van der Waals surface area contributed by atoms with E-state index < -0.39 is 12.0 Å². The summed E-state index contributed by atoms with van der Waals surface area (Å²) in [5, 5.41) is 11.6. The van der Waals surface area contributed by atoms with E-state index in [2.05, 4.69) is 5.32 Å². The molecule has 1 aromatic carbocycles. The summed E-state index contributed by atoms with van der Waals surface area (Å²) in [6.07, 6.45) is 0.407. The molecule has 86 valence electrons. The fourth-order valence-electron chi connectivity index (χ4n) is 1.42. The predicted molar refractivity (Wildman–Crippen MR) is 60.6 cm³/mol. The van der Waals surface area contributed by atoms with Crippen molar-refractivity contribution in [1.29, 1.82) is 0 Å². The molecule has 1 aromatic rings. The minimum atomic E-state index is -0.877. The summed E-state index contributed by atoms with van der Waals surface area (Å²) >= 11 is 0. The van der Waals surface area contributed by atoms with E-state index in [-0.39, 0.29) is 5.78 Å². The van der Waals surface area contributed by atoms with E-state index >= 15 is 0 Å². The van der Waals surface area contributed by atoms with E-state index in [9.17, 15) is 9.59 Å². The molecule has 0 bridgehead atoms. The Balaban J connectivity index is 2.75. The van der Waals surface area contributed by atoms with Gasteiger partial charge in [-0.15, -0.1) is 0 Å². The number of carboxylic acid groups (broad SMARTS) is 1. The van der Waals surface area contributed by atoms with Crippen molar-refractivity contribution < 1.29 is 14.7 Å². The van der Waals surface area contributed by atoms with Crippen LogP contribution in [0.2, 0.25) is 0 Å². The quantitative estimate of drug-likeness (QED) is 0.731. The molecule has 1 atom stereocenters. The molecule has 0 aliphatic rings. The van der Waals surface area contributed by atoms with E-state index in [0.29, 0.717) is 12.0 Å². The third-order valence-electron chi connectivity index (χ3n) is 2.45. The number of carboxylic acids is 1. The first kappa shape index (κ1) is 12.4. The van der Waals surface area contributed by atoms with Gasteiger partial charge in [-0.3, -0.25) is 9.59 Å². The lowest BCUT2D eigenvalue weighted by molar-refractivity contribution is -0.139. The van der Waals surface area contributed by atoms with Crippen LogP contribution in [-0.2, 0) is 11.2 Å². The van der Waals surface area contributed by atoms with Gasteiger partial charge in [0, 0.05) is 5.56 Å². The molecule has 0 radical (unpaired) electrons. The third-order valence-corrected chi connectivity index (χ3v) is 2.45. The maximum atomic E-state index is 11.0. The summed E-state index contributed by atoms with van der Waals surface area (Å²) < 4.78 is 0. The van der Waals surface area contributed by atoms with Crippen molar-refractivity contribution in [3.05, 3.63) is 35.4 Å². The van der Waals surface area contributed by atoms with Gasteiger partial charge in [0.2, 0.25) is 0 Å².